The summed E-state index contributed by atoms with van der Waals surface area (Å²) in [5.41, 5.74) is -0.380. The maximum absolute atomic E-state index is 12.8. The molecule has 2 aromatic rings. The highest BCUT2D eigenvalue weighted by Gasteiger charge is 2.49. The SMILES string of the molecule is COc1ccc(C2(C)NC(=O)N(/N=C/c3cc(O)c(O)c(OC)c3)C2=O)cc1. The van der Waals surface area contributed by atoms with Crippen molar-refractivity contribution in [3.8, 4) is 23.0 Å². The number of benzene rings is 2. The zero-order chi connectivity index (χ0) is 20.5. The fraction of sp³-hybridized carbons (Fsp3) is 0.211. The molecule has 1 saturated heterocycles. The van der Waals surface area contributed by atoms with Crippen molar-refractivity contribution in [3.63, 3.8) is 0 Å². The fourth-order valence-electron chi connectivity index (χ4n) is 2.82. The maximum Gasteiger partial charge on any atom is 0.346 e. The number of imide groups is 1. The molecule has 1 heterocycles. The normalized spacial score (nSPS) is 19.2. The van der Waals surface area contributed by atoms with Gasteiger partial charge in [0, 0.05) is 5.56 Å². The summed E-state index contributed by atoms with van der Waals surface area (Å²) in [7, 11) is 2.86. The first-order valence-electron chi connectivity index (χ1n) is 8.25. The number of nitrogens with zero attached hydrogens (tertiary/aromatic N) is 2. The first kappa shape index (κ1) is 19.0. The fourth-order valence-corrected chi connectivity index (χ4v) is 2.82. The predicted octanol–water partition coefficient (Wildman–Crippen LogP) is 1.92. The van der Waals surface area contributed by atoms with Crippen LogP contribution in [0, 0.1) is 0 Å². The standard InChI is InChI=1S/C19H19N3O6/c1-19(12-4-6-13(27-2)7-5-12)17(25)22(18(26)21-19)20-10-11-8-14(23)16(24)15(9-11)28-3/h4-10,23-24H,1-3H3,(H,21,26)/b20-10+. The van der Waals surface area contributed by atoms with Crippen LogP contribution in [0.4, 0.5) is 4.79 Å². The Kier molecular flexibility index (Phi) is 4.83. The van der Waals surface area contributed by atoms with E-state index in [1.807, 2.05) is 0 Å². The lowest BCUT2D eigenvalue weighted by Crippen LogP contribution is -2.40. The molecule has 1 aliphatic rings. The lowest BCUT2D eigenvalue weighted by molar-refractivity contribution is -0.131. The van der Waals surface area contributed by atoms with Gasteiger partial charge in [-0.15, -0.1) is 5.01 Å². The number of hydrogen-bond acceptors (Lipinski definition) is 7. The third-order valence-corrected chi connectivity index (χ3v) is 4.46. The minimum absolute atomic E-state index is 0.0294. The minimum Gasteiger partial charge on any atom is -0.504 e. The van der Waals surface area contributed by atoms with Gasteiger partial charge in [-0.3, -0.25) is 4.79 Å². The molecular formula is C19H19N3O6. The van der Waals surface area contributed by atoms with Gasteiger partial charge in [0.25, 0.3) is 5.91 Å². The zero-order valence-electron chi connectivity index (χ0n) is 15.5. The second kappa shape index (κ2) is 7.10. The molecule has 0 radical (unpaired) electrons. The van der Waals surface area contributed by atoms with Gasteiger partial charge in [-0.05, 0) is 36.8 Å². The van der Waals surface area contributed by atoms with E-state index >= 15 is 0 Å². The number of phenolic OH excluding ortho intramolecular Hbond substituents is 2. The van der Waals surface area contributed by atoms with Crippen molar-refractivity contribution in [1.29, 1.82) is 0 Å². The number of urea groups is 1. The number of phenols is 2. The molecule has 9 heteroatoms. The van der Waals surface area contributed by atoms with Crippen molar-refractivity contribution in [2.75, 3.05) is 14.2 Å². The van der Waals surface area contributed by atoms with Gasteiger partial charge in [0.05, 0.1) is 20.4 Å². The number of carbonyl (C=O) groups excluding carboxylic acids is 2. The quantitative estimate of drug-likeness (QED) is 0.411. The molecule has 0 aromatic heterocycles. The van der Waals surface area contributed by atoms with Gasteiger partial charge < -0.3 is 25.0 Å². The molecule has 3 rings (SSSR count). The molecule has 1 unspecified atom stereocenters. The van der Waals surface area contributed by atoms with E-state index in [9.17, 15) is 19.8 Å². The Morgan fingerprint density at radius 2 is 1.79 bits per heavy atom. The number of methoxy groups -OCH3 is 2. The van der Waals surface area contributed by atoms with Crippen LogP contribution in [0.15, 0.2) is 41.5 Å². The molecule has 3 N–H and O–H groups in total. The maximum atomic E-state index is 12.8. The molecule has 28 heavy (non-hydrogen) atoms. The van der Waals surface area contributed by atoms with Gasteiger partial charge >= 0.3 is 6.03 Å². The average Bonchev–Trinajstić information content (AvgIpc) is 2.92. The van der Waals surface area contributed by atoms with Crippen LogP contribution in [-0.2, 0) is 10.3 Å². The lowest BCUT2D eigenvalue weighted by atomic mass is 9.92. The van der Waals surface area contributed by atoms with Crippen molar-refractivity contribution in [1.82, 2.24) is 10.3 Å². The summed E-state index contributed by atoms with van der Waals surface area (Å²) in [5, 5.41) is 26.7. The van der Waals surface area contributed by atoms with E-state index in [-0.39, 0.29) is 5.75 Å². The largest absolute Gasteiger partial charge is 0.504 e. The Balaban J connectivity index is 1.87. The number of hydrazone groups is 1. The molecule has 9 nitrogen and oxygen atoms in total. The van der Waals surface area contributed by atoms with E-state index < -0.39 is 29.0 Å². The Labute approximate surface area is 160 Å². The third kappa shape index (κ3) is 3.18. The lowest BCUT2D eigenvalue weighted by Gasteiger charge is -2.21. The summed E-state index contributed by atoms with van der Waals surface area (Å²) in [5.74, 6) is -0.738. The highest BCUT2D eigenvalue weighted by Crippen LogP contribution is 2.36. The second-order valence-electron chi connectivity index (χ2n) is 6.24. The zero-order valence-corrected chi connectivity index (χ0v) is 15.5. The number of nitrogens with one attached hydrogen (secondary N) is 1. The van der Waals surface area contributed by atoms with E-state index in [2.05, 4.69) is 10.4 Å². The van der Waals surface area contributed by atoms with Gasteiger partial charge in [-0.25, -0.2) is 4.79 Å². The van der Waals surface area contributed by atoms with Crippen LogP contribution in [0.5, 0.6) is 23.0 Å². The first-order valence-corrected chi connectivity index (χ1v) is 8.25. The summed E-state index contributed by atoms with van der Waals surface area (Å²) in [6.45, 7) is 1.58. The minimum atomic E-state index is -1.28. The molecule has 0 spiro atoms. The Bertz CT molecular complexity index is 957. The number of hydrogen-bond donors (Lipinski definition) is 3. The predicted molar refractivity (Wildman–Crippen MR) is 99.6 cm³/mol. The monoisotopic (exact) mass is 385 g/mol. The molecule has 0 saturated carbocycles. The summed E-state index contributed by atoms with van der Waals surface area (Å²) < 4.78 is 10.1. The van der Waals surface area contributed by atoms with Crippen molar-refractivity contribution in [2.24, 2.45) is 5.10 Å². The number of carbonyl (C=O) groups is 2. The summed E-state index contributed by atoms with van der Waals surface area (Å²) in [4.78, 5) is 25.1. The van der Waals surface area contributed by atoms with Gasteiger partial charge in [-0.2, -0.15) is 5.10 Å². The summed E-state index contributed by atoms with van der Waals surface area (Å²) in [6.07, 6.45) is 1.21. The summed E-state index contributed by atoms with van der Waals surface area (Å²) >= 11 is 0. The highest BCUT2D eigenvalue weighted by atomic mass is 16.5. The molecule has 1 fully saturated rings. The third-order valence-electron chi connectivity index (χ3n) is 4.46. The van der Waals surface area contributed by atoms with Crippen molar-refractivity contribution >= 4 is 18.2 Å². The molecule has 0 bridgehead atoms. The number of aromatic hydroxyl groups is 2. The van der Waals surface area contributed by atoms with Crippen LogP contribution >= 0.6 is 0 Å². The van der Waals surface area contributed by atoms with Crippen LogP contribution in [0.2, 0.25) is 0 Å². The van der Waals surface area contributed by atoms with E-state index in [4.69, 9.17) is 9.47 Å². The number of amides is 3. The molecule has 146 valence electrons. The van der Waals surface area contributed by atoms with Crippen molar-refractivity contribution in [2.45, 2.75) is 12.5 Å². The van der Waals surface area contributed by atoms with Gasteiger partial charge in [0.15, 0.2) is 11.5 Å². The summed E-state index contributed by atoms with van der Waals surface area (Å²) in [6, 6.07) is 8.70. The smallest absolute Gasteiger partial charge is 0.346 e. The van der Waals surface area contributed by atoms with Crippen LogP contribution in [0.25, 0.3) is 0 Å². The average molecular weight is 385 g/mol. The van der Waals surface area contributed by atoms with Gasteiger partial charge in [0.1, 0.15) is 11.3 Å². The highest BCUT2D eigenvalue weighted by molar-refractivity contribution is 6.07. The van der Waals surface area contributed by atoms with E-state index in [0.717, 1.165) is 0 Å². The van der Waals surface area contributed by atoms with E-state index in [0.29, 0.717) is 21.9 Å². The van der Waals surface area contributed by atoms with Gasteiger partial charge in [0.2, 0.25) is 5.75 Å². The molecule has 1 aliphatic heterocycles. The van der Waals surface area contributed by atoms with Crippen molar-refractivity contribution in [3.05, 3.63) is 47.5 Å². The van der Waals surface area contributed by atoms with E-state index in [1.54, 1.807) is 31.2 Å². The number of ether oxygens (including phenoxy) is 2. The molecule has 1 atom stereocenters. The number of rotatable bonds is 5. The van der Waals surface area contributed by atoms with E-state index in [1.165, 1.54) is 32.6 Å². The Morgan fingerprint density at radius 1 is 1.11 bits per heavy atom. The first-order chi connectivity index (χ1) is 13.3. The molecule has 0 aliphatic carbocycles. The Morgan fingerprint density at radius 3 is 2.39 bits per heavy atom. The van der Waals surface area contributed by atoms with Crippen molar-refractivity contribution < 1.29 is 29.3 Å². The van der Waals surface area contributed by atoms with Crippen LogP contribution < -0.4 is 14.8 Å². The second-order valence-corrected chi connectivity index (χ2v) is 6.24. The van der Waals surface area contributed by atoms with Crippen LogP contribution in [0.3, 0.4) is 0 Å². The molecule has 2 aromatic carbocycles. The van der Waals surface area contributed by atoms with Crippen LogP contribution in [-0.4, -0.2) is 47.6 Å². The van der Waals surface area contributed by atoms with Crippen LogP contribution in [0.1, 0.15) is 18.1 Å². The Hall–Kier alpha value is -3.75. The van der Waals surface area contributed by atoms with Gasteiger partial charge in [-0.1, -0.05) is 12.1 Å². The topological polar surface area (TPSA) is 121 Å². The molecule has 3 amide bonds. The molecular weight excluding hydrogens is 366 g/mol.